The Bertz CT molecular complexity index is 543. The van der Waals surface area contributed by atoms with Crippen LogP contribution in [0.4, 0.5) is 0 Å². The zero-order valence-corrected chi connectivity index (χ0v) is 14.6. The van der Waals surface area contributed by atoms with E-state index in [-0.39, 0.29) is 0 Å². The molecule has 0 amide bonds. The van der Waals surface area contributed by atoms with E-state index in [1.807, 2.05) is 57.2 Å². The Morgan fingerprint density at radius 2 is 1.77 bits per heavy atom. The lowest BCUT2D eigenvalue weighted by Gasteiger charge is -2.10. The summed E-state index contributed by atoms with van der Waals surface area (Å²) in [5.74, 6) is 0. The third kappa shape index (κ3) is 6.53. The minimum absolute atomic E-state index is 0.911. The van der Waals surface area contributed by atoms with Crippen molar-refractivity contribution in [1.29, 1.82) is 0 Å². The minimum Gasteiger partial charge on any atom is -0.248 e. The Morgan fingerprint density at radius 3 is 2.23 bits per heavy atom. The lowest BCUT2D eigenvalue weighted by Crippen LogP contribution is -2.05. The predicted octanol–water partition coefficient (Wildman–Crippen LogP) is 6.50. The topological polar surface area (TPSA) is 12.4 Å². The van der Waals surface area contributed by atoms with Gasteiger partial charge in [-0.25, -0.2) is 4.99 Å². The molecule has 0 aromatic heterocycles. The minimum atomic E-state index is 0.911. The fourth-order valence-corrected chi connectivity index (χ4v) is 1.98. The molecule has 118 valence electrons. The summed E-state index contributed by atoms with van der Waals surface area (Å²) >= 11 is 0. The molecule has 1 rings (SSSR count). The standard InChI is InChI=1S/C19H23N.C2H6/c1-5-12-18(13-6-2)20-19(16(7-3)8-4)17-14-10-9-11-15-17;1-2/h5-7,9-15H,1,8H2,2-4H3;1-2H3/b13-6-,16-7-,18-12+,20-19-;. The van der Waals surface area contributed by atoms with Crippen molar-refractivity contribution in [2.24, 2.45) is 4.99 Å². The maximum absolute atomic E-state index is 4.82. The van der Waals surface area contributed by atoms with Gasteiger partial charge >= 0.3 is 0 Å². The van der Waals surface area contributed by atoms with Gasteiger partial charge in [0.1, 0.15) is 0 Å². The average molecular weight is 295 g/mol. The van der Waals surface area contributed by atoms with Gasteiger partial charge in [-0.15, -0.1) is 0 Å². The monoisotopic (exact) mass is 295 g/mol. The van der Waals surface area contributed by atoms with Crippen molar-refractivity contribution in [3.63, 3.8) is 0 Å². The van der Waals surface area contributed by atoms with Gasteiger partial charge in [0.25, 0.3) is 0 Å². The number of aliphatic imine (C=N–C) groups is 1. The van der Waals surface area contributed by atoms with Crippen LogP contribution < -0.4 is 0 Å². The molecule has 0 fully saturated rings. The van der Waals surface area contributed by atoms with Gasteiger partial charge in [-0.2, -0.15) is 0 Å². The van der Waals surface area contributed by atoms with E-state index in [4.69, 9.17) is 4.99 Å². The summed E-state index contributed by atoms with van der Waals surface area (Å²) in [5, 5.41) is 0. The Balaban J connectivity index is 0.00000211. The van der Waals surface area contributed by atoms with Gasteiger partial charge in [0.2, 0.25) is 0 Å². The van der Waals surface area contributed by atoms with Crippen LogP contribution in [0.1, 0.15) is 46.6 Å². The van der Waals surface area contributed by atoms with Crippen LogP contribution in [0.5, 0.6) is 0 Å². The lowest BCUT2D eigenvalue weighted by atomic mass is 10.00. The second-order valence-electron chi connectivity index (χ2n) is 4.32. The molecule has 0 saturated heterocycles. The fraction of sp³-hybridized carbons (Fsp3) is 0.286. The van der Waals surface area contributed by atoms with Gasteiger partial charge in [-0.05, 0) is 38.0 Å². The summed E-state index contributed by atoms with van der Waals surface area (Å²) in [6.45, 7) is 14.0. The van der Waals surface area contributed by atoms with E-state index in [0.717, 1.165) is 23.4 Å². The normalized spacial score (nSPS) is 12.9. The second kappa shape index (κ2) is 12.6. The molecule has 0 radical (unpaired) electrons. The molecule has 0 saturated carbocycles. The first-order valence-electron chi connectivity index (χ1n) is 8.01. The van der Waals surface area contributed by atoms with Crippen molar-refractivity contribution in [2.75, 3.05) is 0 Å². The second-order valence-corrected chi connectivity index (χ2v) is 4.32. The number of nitrogens with zero attached hydrogens (tertiary/aromatic N) is 1. The van der Waals surface area contributed by atoms with E-state index in [1.54, 1.807) is 6.08 Å². The maximum atomic E-state index is 4.82. The molecule has 0 atom stereocenters. The van der Waals surface area contributed by atoms with Crippen molar-refractivity contribution in [2.45, 2.75) is 41.0 Å². The molecule has 1 aromatic rings. The van der Waals surface area contributed by atoms with Gasteiger partial charge in [0, 0.05) is 5.56 Å². The van der Waals surface area contributed by atoms with Crippen molar-refractivity contribution in [3.8, 4) is 0 Å². The zero-order chi connectivity index (χ0) is 16.8. The SMILES string of the molecule is C=C/C=C(\C=C/C)/N=C(/C(=C\C)CC)c1ccccc1.CC. The van der Waals surface area contributed by atoms with Gasteiger partial charge in [-0.1, -0.05) is 75.9 Å². The molecular weight excluding hydrogens is 266 g/mol. The van der Waals surface area contributed by atoms with Crippen molar-refractivity contribution >= 4 is 5.71 Å². The quantitative estimate of drug-likeness (QED) is 0.419. The first-order chi connectivity index (χ1) is 10.8. The van der Waals surface area contributed by atoms with Gasteiger partial charge < -0.3 is 0 Å². The largest absolute Gasteiger partial charge is 0.248 e. The number of hydrogen-bond donors (Lipinski definition) is 0. The van der Waals surface area contributed by atoms with E-state index in [0.29, 0.717) is 0 Å². The molecule has 0 spiro atoms. The Labute approximate surface area is 136 Å². The van der Waals surface area contributed by atoms with Crippen LogP contribution in [0.3, 0.4) is 0 Å². The molecule has 0 aliphatic heterocycles. The van der Waals surface area contributed by atoms with Crippen molar-refractivity contribution in [3.05, 3.63) is 84.1 Å². The Kier molecular flexibility index (Phi) is 11.4. The third-order valence-electron chi connectivity index (χ3n) is 2.95. The van der Waals surface area contributed by atoms with E-state index in [1.165, 1.54) is 5.57 Å². The summed E-state index contributed by atoms with van der Waals surface area (Å²) < 4.78 is 0. The van der Waals surface area contributed by atoms with Crippen LogP contribution >= 0.6 is 0 Å². The van der Waals surface area contributed by atoms with E-state index < -0.39 is 0 Å². The average Bonchev–Trinajstić information content (AvgIpc) is 2.58. The molecule has 1 heteroatoms. The van der Waals surface area contributed by atoms with Gasteiger partial charge in [-0.3, -0.25) is 0 Å². The van der Waals surface area contributed by atoms with E-state index in [2.05, 4.69) is 38.6 Å². The summed E-state index contributed by atoms with van der Waals surface area (Å²) in [6.07, 6.45) is 10.8. The van der Waals surface area contributed by atoms with Crippen LogP contribution in [-0.2, 0) is 0 Å². The molecule has 0 unspecified atom stereocenters. The maximum Gasteiger partial charge on any atom is 0.0737 e. The highest BCUT2D eigenvalue weighted by Gasteiger charge is 2.07. The van der Waals surface area contributed by atoms with Gasteiger partial charge in [0.15, 0.2) is 0 Å². The Morgan fingerprint density at radius 1 is 1.14 bits per heavy atom. The molecule has 0 aliphatic rings. The van der Waals surface area contributed by atoms with E-state index >= 15 is 0 Å². The van der Waals surface area contributed by atoms with E-state index in [9.17, 15) is 0 Å². The first-order valence-corrected chi connectivity index (χ1v) is 8.01. The molecular formula is C21H29N. The van der Waals surface area contributed by atoms with Crippen molar-refractivity contribution in [1.82, 2.24) is 0 Å². The first kappa shape index (κ1) is 19.9. The smallest absolute Gasteiger partial charge is 0.0737 e. The highest BCUT2D eigenvalue weighted by Crippen LogP contribution is 2.16. The Hall–Kier alpha value is -2.15. The molecule has 1 aromatic carbocycles. The predicted molar refractivity (Wildman–Crippen MR) is 101 cm³/mol. The van der Waals surface area contributed by atoms with Gasteiger partial charge in [0.05, 0.1) is 11.4 Å². The molecule has 0 bridgehead atoms. The summed E-state index contributed by atoms with van der Waals surface area (Å²) in [7, 11) is 0. The van der Waals surface area contributed by atoms with Crippen LogP contribution in [0.25, 0.3) is 0 Å². The van der Waals surface area contributed by atoms with Crippen LogP contribution in [-0.4, -0.2) is 5.71 Å². The van der Waals surface area contributed by atoms with Crippen molar-refractivity contribution < 1.29 is 0 Å². The number of benzene rings is 1. The number of hydrogen-bond acceptors (Lipinski definition) is 1. The summed E-state index contributed by atoms with van der Waals surface area (Å²) in [5.41, 5.74) is 4.33. The van der Waals surface area contributed by atoms with Crippen LogP contribution in [0.15, 0.2) is 83.6 Å². The van der Waals surface area contributed by atoms with Crippen LogP contribution in [0.2, 0.25) is 0 Å². The molecule has 0 N–H and O–H groups in total. The van der Waals surface area contributed by atoms with Crippen LogP contribution in [0, 0.1) is 0 Å². The zero-order valence-electron chi connectivity index (χ0n) is 14.6. The summed E-state index contributed by atoms with van der Waals surface area (Å²) in [4.78, 5) is 4.82. The highest BCUT2D eigenvalue weighted by atomic mass is 14.8. The fourth-order valence-electron chi connectivity index (χ4n) is 1.98. The molecule has 1 nitrogen and oxygen atoms in total. The highest BCUT2D eigenvalue weighted by molar-refractivity contribution is 6.13. The molecule has 22 heavy (non-hydrogen) atoms. The lowest BCUT2D eigenvalue weighted by molar-refractivity contribution is 1.15. The number of rotatable bonds is 6. The summed E-state index contributed by atoms with van der Waals surface area (Å²) in [6, 6.07) is 10.3. The third-order valence-corrected chi connectivity index (χ3v) is 2.95. The molecule has 0 heterocycles. The molecule has 0 aliphatic carbocycles. The number of allylic oxidation sites excluding steroid dienone is 6.